The van der Waals surface area contributed by atoms with E-state index < -0.39 is 0 Å². The second-order valence-electron chi connectivity index (χ2n) is 8.31. The van der Waals surface area contributed by atoms with Gasteiger partial charge in [0.1, 0.15) is 5.82 Å². The summed E-state index contributed by atoms with van der Waals surface area (Å²) in [6, 6.07) is 8.01. The van der Waals surface area contributed by atoms with Gasteiger partial charge in [0, 0.05) is 56.1 Å². The molecule has 5 rings (SSSR count). The van der Waals surface area contributed by atoms with Gasteiger partial charge in [-0.2, -0.15) is 4.98 Å². The van der Waals surface area contributed by atoms with Crippen molar-refractivity contribution in [2.45, 2.75) is 25.8 Å². The van der Waals surface area contributed by atoms with E-state index in [1.807, 2.05) is 24.3 Å². The molecule has 1 fully saturated rings. The summed E-state index contributed by atoms with van der Waals surface area (Å²) in [4.78, 5) is 16.0. The standard InChI is InChI=1S/C23H28N6O2/c1-29-9-6-20-19(14-29)22(25-12-16-7-10-30-11-8-16)28-23(27-20)26-18-4-2-17(3-5-18)21-13-24-15-31-21/h2-5,13,15-16H,6-12,14H2,1H3,(H2,25,26,27,28). The summed E-state index contributed by atoms with van der Waals surface area (Å²) in [5.74, 6) is 2.95. The minimum atomic E-state index is 0.626. The quantitative estimate of drug-likeness (QED) is 0.624. The van der Waals surface area contributed by atoms with Crippen LogP contribution in [0.2, 0.25) is 0 Å². The van der Waals surface area contributed by atoms with Crippen LogP contribution in [0.15, 0.2) is 41.3 Å². The lowest BCUT2D eigenvalue weighted by molar-refractivity contribution is 0.0699. The van der Waals surface area contributed by atoms with Crippen LogP contribution in [0.25, 0.3) is 11.3 Å². The SMILES string of the molecule is CN1CCc2nc(Nc3ccc(-c4cnco4)cc3)nc(NCC3CCOCC3)c2C1. The lowest BCUT2D eigenvalue weighted by atomic mass is 10.00. The molecule has 8 heteroatoms. The zero-order chi connectivity index (χ0) is 21.0. The van der Waals surface area contributed by atoms with E-state index in [0.717, 1.165) is 80.6 Å². The molecule has 0 atom stereocenters. The molecule has 2 aliphatic rings. The van der Waals surface area contributed by atoms with Gasteiger partial charge in [0.15, 0.2) is 12.2 Å². The average Bonchev–Trinajstić information content (AvgIpc) is 3.34. The van der Waals surface area contributed by atoms with Crippen molar-refractivity contribution in [1.82, 2.24) is 19.9 Å². The van der Waals surface area contributed by atoms with Crippen molar-refractivity contribution in [3.8, 4) is 11.3 Å². The van der Waals surface area contributed by atoms with E-state index in [0.29, 0.717) is 11.9 Å². The van der Waals surface area contributed by atoms with E-state index >= 15 is 0 Å². The zero-order valence-corrected chi connectivity index (χ0v) is 17.8. The summed E-state index contributed by atoms with van der Waals surface area (Å²) in [7, 11) is 2.15. The van der Waals surface area contributed by atoms with Gasteiger partial charge < -0.3 is 24.7 Å². The van der Waals surface area contributed by atoms with E-state index in [1.165, 1.54) is 12.0 Å². The van der Waals surface area contributed by atoms with Gasteiger partial charge in [0.05, 0.1) is 11.9 Å². The Morgan fingerprint density at radius 1 is 1.13 bits per heavy atom. The maximum Gasteiger partial charge on any atom is 0.229 e. The highest BCUT2D eigenvalue weighted by molar-refractivity contribution is 5.64. The van der Waals surface area contributed by atoms with E-state index in [1.54, 1.807) is 6.20 Å². The predicted molar refractivity (Wildman–Crippen MR) is 119 cm³/mol. The van der Waals surface area contributed by atoms with Crippen LogP contribution in [0.4, 0.5) is 17.5 Å². The fourth-order valence-electron chi connectivity index (χ4n) is 4.15. The zero-order valence-electron chi connectivity index (χ0n) is 17.8. The monoisotopic (exact) mass is 420 g/mol. The number of likely N-dealkylation sites (N-methyl/N-ethyl adjacent to an activating group) is 1. The molecule has 0 bridgehead atoms. The van der Waals surface area contributed by atoms with Gasteiger partial charge in [0.2, 0.25) is 5.95 Å². The van der Waals surface area contributed by atoms with Gasteiger partial charge >= 0.3 is 0 Å². The van der Waals surface area contributed by atoms with Crippen LogP contribution in [0.5, 0.6) is 0 Å². The molecule has 4 heterocycles. The number of ether oxygens (including phenoxy) is 1. The van der Waals surface area contributed by atoms with Gasteiger partial charge in [-0.3, -0.25) is 0 Å². The smallest absolute Gasteiger partial charge is 0.229 e. The molecule has 31 heavy (non-hydrogen) atoms. The summed E-state index contributed by atoms with van der Waals surface area (Å²) in [5.41, 5.74) is 4.26. The largest absolute Gasteiger partial charge is 0.444 e. The Morgan fingerprint density at radius 3 is 2.74 bits per heavy atom. The number of hydrogen-bond donors (Lipinski definition) is 2. The van der Waals surface area contributed by atoms with E-state index in [4.69, 9.17) is 19.1 Å². The first-order valence-electron chi connectivity index (χ1n) is 10.9. The number of hydrogen-bond acceptors (Lipinski definition) is 8. The van der Waals surface area contributed by atoms with Crippen molar-refractivity contribution >= 4 is 17.5 Å². The first-order valence-corrected chi connectivity index (χ1v) is 10.9. The van der Waals surface area contributed by atoms with Crippen LogP contribution in [-0.4, -0.2) is 53.2 Å². The van der Waals surface area contributed by atoms with Crippen molar-refractivity contribution in [2.75, 3.05) is 44.0 Å². The normalized spacial score (nSPS) is 17.3. The number of rotatable bonds is 6. The molecule has 1 aromatic carbocycles. The van der Waals surface area contributed by atoms with Crippen molar-refractivity contribution in [1.29, 1.82) is 0 Å². The summed E-state index contributed by atoms with van der Waals surface area (Å²) in [6.45, 7) is 4.51. The summed E-state index contributed by atoms with van der Waals surface area (Å²) >= 11 is 0. The maximum atomic E-state index is 5.49. The molecule has 0 radical (unpaired) electrons. The molecule has 0 spiro atoms. The molecule has 2 N–H and O–H groups in total. The summed E-state index contributed by atoms with van der Waals surface area (Å²) in [6.07, 6.45) is 6.28. The Morgan fingerprint density at radius 2 is 1.97 bits per heavy atom. The highest BCUT2D eigenvalue weighted by Gasteiger charge is 2.22. The minimum absolute atomic E-state index is 0.626. The molecule has 0 unspecified atom stereocenters. The van der Waals surface area contributed by atoms with Crippen LogP contribution in [0.1, 0.15) is 24.1 Å². The van der Waals surface area contributed by atoms with Crippen LogP contribution < -0.4 is 10.6 Å². The molecular weight excluding hydrogens is 392 g/mol. The van der Waals surface area contributed by atoms with Crippen LogP contribution in [-0.2, 0) is 17.7 Å². The van der Waals surface area contributed by atoms with E-state index in [2.05, 4.69) is 27.6 Å². The molecule has 2 aliphatic heterocycles. The molecule has 162 valence electrons. The fourth-order valence-corrected chi connectivity index (χ4v) is 4.15. The number of aromatic nitrogens is 3. The number of fused-ring (bicyclic) bond motifs is 1. The number of nitrogens with zero attached hydrogens (tertiary/aromatic N) is 4. The number of benzene rings is 1. The molecule has 8 nitrogen and oxygen atoms in total. The first kappa shape index (κ1) is 20.0. The van der Waals surface area contributed by atoms with Crippen molar-refractivity contribution < 1.29 is 9.15 Å². The Kier molecular flexibility index (Phi) is 5.82. The van der Waals surface area contributed by atoms with Gasteiger partial charge in [-0.25, -0.2) is 9.97 Å². The second kappa shape index (κ2) is 9.03. The molecule has 1 saturated heterocycles. The van der Waals surface area contributed by atoms with Gasteiger partial charge in [-0.1, -0.05) is 0 Å². The highest BCUT2D eigenvalue weighted by atomic mass is 16.5. The third-order valence-electron chi connectivity index (χ3n) is 6.01. The molecule has 0 amide bonds. The van der Waals surface area contributed by atoms with Crippen LogP contribution >= 0.6 is 0 Å². The van der Waals surface area contributed by atoms with Crippen LogP contribution in [0, 0.1) is 5.92 Å². The van der Waals surface area contributed by atoms with Gasteiger partial charge in [-0.15, -0.1) is 0 Å². The topological polar surface area (TPSA) is 88.3 Å². The Labute approximate surface area is 182 Å². The summed E-state index contributed by atoms with van der Waals surface area (Å²) in [5, 5.41) is 7.00. The van der Waals surface area contributed by atoms with Gasteiger partial charge in [0.25, 0.3) is 0 Å². The molecular formula is C23H28N6O2. The van der Waals surface area contributed by atoms with E-state index in [9.17, 15) is 0 Å². The third-order valence-corrected chi connectivity index (χ3v) is 6.01. The molecule has 3 aromatic rings. The third kappa shape index (κ3) is 4.70. The Bertz CT molecular complexity index is 1000. The molecule has 2 aromatic heterocycles. The summed E-state index contributed by atoms with van der Waals surface area (Å²) < 4.78 is 10.9. The van der Waals surface area contributed by atoms with E-state index in [-0.39, 0.29) is 0 Å². The van der Waals surface area contributed by atoms with Crippen LogP contribution in [0.3, 0.4) is 0 Å². The Balaban J connectivity index is 1.35. The van der Waals surface area contributed by atoms with Crippen molar-refractivity contribution in [3.63, 3.8) is 0 Å². The maximum absolute atomic E-state index is 5.49. The predicted octanol–water partition coefficient (Wildman–Crippen LogP) is 3.70. The molecule has 0 saturated carbocycles. The highest BCUT2D eigenvalue weighted by Crippen LogP contribution is 2.28. The average molecular weight is 421 g/mol. The van der Waals surface area contributed by atoms with Gasteiger partial charge in [-0.05, 0) is 50.1 Å². The number of oxazole rings is 1. The fraction of sp³-hybridized carbons (Fsp3) is 0.435. The lowest BCUT2D eigenvalue weighted by Gasteiger charge is -2.28. The number of nitrogens with one attached hydrogen (secondary N) is 2. The minimum Gasteiger partial charge on any atom is -0.444 e. The van der Waals surface area contributed by atoms with Crippen molar-refractivity contribution in [3.05, 3.63) is 48.1 Å². The Hall–Kier alpha value is -2.97. The number of anilines is 3. The molecule has 0 aliphatic carbocycles. The lowest BCUT2D eigenvalue weighted by Crippen LogP contribution is -2.30. The first-order chi connectivity index (χ1) is 15.2. The van der Waals surface area contributed by atoms with Crippen molar-refractivity contribution in [2.24, 2.45) is 5.92 Å². The second-order valence-corrected chi connectivity index (χ2v) is 8.31.